The van der Waals surface area contributed by atoms with Gasteiger partial charge in [-0.2, -0.15) is 0 Å². The molecule has 0 spiro atoms. The maximum atomic E-state index is 11.2. The van der Waals surface area contributed by atoms with E-state index in [1.54, 1.807) is 0 Å². The minimum absolute atomic E-state index is 0.137. The number of rotatable bonds is 13. The Morgan fingerprint density at radius 2 is 1.64 bits per heavy atom. The standard InChI is InChI=1S/C27H30N4O4S/c1-36(32,33)17-15-28-14-5-16-34-24-12-13-26-25(18-24)27(30-20-29-26)31-22-8-10-23(11-9-22)35-19-21-6-3-2-4-7-21/h2-4,6-13,18,20,28H,5,14-17,19H2,1H3,(H,29,30,31). The molecule has 0 atom stereocenters. The molecule has 4 rings (SSSR count). The third-order valence-corrected chi connectivity index (χ3v) is 6.33. The first kappa shape index (κ1) is 25.4. The Morgan fingerprint density at radius 3 is 2.42 bits per heavy atom. The van der Waals surface area contributed by atoms with Gasteiger partial charge in [-0.05, 0) is 61.0 Å². The first-order chi connectivity index (χ1) is 17.5. The number of nitrogens with one attached hydrogen (secondary N) is 2. The van der Waals surface area contributed by atoms with Crippen molar-refractivity contribution in [1.82, 2.24) is 15.3 Å². The molecule has 0 fully saturated rings. The average Bonchev–Trinajstić information content (AvgIpc) is 2.88. The zero-order valence-corrected chi connectivity index (χ0v) is 21.0. The average molecular weight is 507 g/mol. The second kappa shape index (κ2) is 12.3. The van der Waals surface area contributed by atoms with E-state index in [4.69, 9.17) is 9.47 Å². The normalized spacial score (nSPS) is 11.4. The van der Waals surface area contributed by atoms with Crippen LogP contribution in [0.5, 0.6) is 11.5 Å². The highest BCUT2D eigenvalue weighted by molar-refractivity contribution is 7.90. The molecule has 0 aliphatic heterocycles. The molecule has 1 aromatic heterocycles. The van der Waals surface area contributed by atoms with Crippen LogP contribution in [0.3, 0.4) is 0 Å². The lowest BCUT2D eigenvalue weighted by Gasteiger charge is -2.12. The van der Waals surface area contributed by atoms with Gasteiger partial charge in [-0.3, -0.25) is 0 Å². The van der Waals surface area contributed by atoms with Crippen LogP contribution in [0.4, 0.5) is 11.5 Å². The molecular formula is C27H30N4O4S. The summed E-state index contributed by atoms with van der Waals surface area (Å²) in [5.74, 6) is 2.34. The van der Waals surface area contributed by atoms with E-state index in [0.29, 0.717) is 32.1 Å². The highest BCUT2D eigenvalue weighted by Gasteiger charge is 2.07. The van der Waals surface area contributed by atoms with Gasteiger partial charge in [0.1, 0.15) is 40.1 Å². The number of aromatic nitrogens is 2. The number of hydrogen-bond acceptors (Lipinski definition) is 8. The number of fused-ring (bicyclic) bond motifs is 1. The van der Waals surface area contributed by atoms with Crippen molar-refractivity contribution in [3.05, 3.63) is 84.7 Å². The molecule has 0 saturated carbocycles. The third kappa shape index (κ3) is 7.93. The van der Waals surface area contributed by atoms with E-state index in [1.807, 2.05) is 72.8 Å². The summed E-state index contributed by atoms with van der Waals surface area (Å²) in [4.78, 5) is 8.78. The topological polar surface area (TPSA) is 102 Å². The molecule has 0 radical (unpaired) electrons. The van der Waals surface area contributed by atoms with E-state index in [9.17, 15) is 8.42 Å². The van der Waals surface area contributed by atoms with Gasteiger partial charge in [0.2, 0.25) is 0 Å². The van der Waals surface area contributed by atoms with Crippen LogP contribution in [-0.4, -0.2) is 50.1 Å². The number of nitrogens with zero attached hydrogens (tertiary/aromatic N) is 2. The summed E-state index contributed by atoms with van der Waals surface area (Å²) in [7, 11) is -2.94. The minimum Gasteiger partial charge on any atom is -0.494 e. The van der Waals surface area contributed by atoms with Crippen LogP contribution in [0.15, 0.2) is 79.1 Å². The van der Waals surface area contributed by atoms with Crippen molar-refractivity contribution < 1.29 is 17.9 Å². The number of benzene rings is 3. The molecule has 0 bridgehead atoms. The van der Waals surface area contributed by atoms with Crippen LogP contribution in [0, 0.1) is 0 Å². The number of hydrogen-bond donors (Lipinski definition) is 2. The molecule has 0 unspecified atom stereocenters. The highest BCUT2D eigenvalue weighted by atomic mass is 32.2. The summed E-state index contributed by atoms with van der Waals surface area (Å²) in [5.41, 5.74) is 2.81. The van der Waals surface area contributed by atoms with Gasteiger partial charge < -0.3 is 20.1 Å². The fourth-order valence-corrected chi connectivity index (χ4v) is 4.02. The molecule has 36 heavy (non-hydrogen) atoms. The monoisotopic (exact) mass is 506 g/mol. The number of ether oxygens (including phenoxy) is 2. The zero-order chi connectivity index (χ0) is 25.2. The fourth-order valence-electron chi connectivity index (χ4n) is 3.51. The minimum atomic E-state index is -2.94. The van der Waals surface area contributed by atoms with E-state index in [0.717, 1.165) is 40.1 Å². The van der Waals surface area contributed by atoms with Gasteiger partial charge in [0.25, 0.3) is 0 Å². The lowest BCUT2D eigenvalue weighted by Crippen LogP contribution is -2.24. The molecule has 4 aromatic rings. The van der Waals surface area contributed by atoms with Crippen LogP contribution < -0.4 is 20.1 Å². The summed E-state index contributed by atoms with van der Waals surface area (Å²) < 4.78 is 34.1. The van der Waals surface area contributed by atoms with Crippen molar-refractivity contribution in [3.8, 4) is 11.5 Å². The molecule has 9 heteroatoms. The van der Waals surface area contributed by atoms with Crippen LogP contribution in [-0.2, 0) is 16.4 Å². The summed E-state index contributed by atoms with van der Waals surface area (Å²) >= 11 is 0. The molecular weight excluding hydrogens is 476 g/mol. The predicted molar refractivity (Wildman–Crippen MR) is 143 cm³/mol. The molecule has 0 amide bonds. The molecule has 1 heterocycles. The molecule has 0 aliphatic carbocycles. The number of sulfone groups is 1. The van der Waals surface area contributed by atoms with Gasteiger partial charge in [0.05, 0.1) is 17.9 Å². The highest BCUT2D eigenvalue weighted by Crippen LogP contribution is 2.27. The Labute approximate surface area is 211 Å². The van der Waals surface area contributed by atoms with Gasteiger partial charge in [-0.1, -0.05) is 30.3 Å². The van der Waals surface area contributed by atoms with Gasteiger partial charge >= 0.3 is 0 Å². The Balaban J connectivity index is 1.32. The molecule has 8 nitrogen and oxygen atoms in total. The van der Waals surface area contributed by atoms with Gasteiger partial charge in [0, 0.05) is 23.9 Å². The Morgan fingerprint density at radius 1 is 0.861 bits per heavy atom. The maximum absolute atomic E-state index is 11.2. The lowest BCUT2D eigenvalue weighted by atomic mass is 10.2. The third-order valence-electron chi connectivity index (χ3n) is 5.39. The van der Waals surface area contributed by atoms with Gasteiger partial charge in [-0.15, -0.1) is 0 Å². The lowest BCUT2D eigenvalue weighted by molar-refractivity contribution is 0.306. The SMILES string of the molecule is CS(=O)(=O)CCNCCCOc1ccc2ncnc(Nc3ccc(OCc4ccccc4)cc3)c2c1. The predicted octanol–water partition coefficient (Wildman–Crippen LogP) is 4.36. The zero-order valence-electron chi connectivity index (χ0n) is 20.2. The van der Waals surface area contributed by atoms with Crippen molar-refractivity contribution in [2.75, 3.05) is 37.0 Å². The molecule has 0 saturated heterocycles. The van der Waals surface area contributed by atoms with E-state index in [2.05, 4.69) is 20.6 Å². The Kier molecular flexibility index (Phi) is 8.70. The molecule has 2 N–H and O–H groups in total. The first-order valence-corrected chi connectivity index (χ1v) is 13.8. The van der Waals surface area contributed by atoms with E-state index in [-0.39, 0.29) is 5.75 Å². The maximum Gasteiger partial charge on any atom is 0.148 e. The second-order valence-electron chi connectivity index (χ2n) is 8.41. The summed E-state index contributed by atoms with van der Waals surface area (Å²) in [5, 5.41) is 7.33. The van der Waals surface area contributed by atoms with Gasteiger partial charge in [-0.25, -0.2) is 18.4 Å². The fraction of sp³-hybridized carbons (Fsp3) is 0.259. The Bertz CT molecular complexity index is 1360. The largest absolute Gasteiger partial charge is 0.494 e. The van der Waals surface area contributed by atoms with Crippen LogP contribution in [0.25, 0.3) is 10.9 Å². The van der Waals surface area contributed by atoms with Crippen molar-refractivity contribution in [2.24, 2.45) is 0 Å². The van der Waals surface area contributed by atoms with Crippen LogP contribution >= 0.6 is 0 Å². The van der Waals surface area contributed by atoms with Crippen LogP contribution in [0.2, 0.25) is 0 Å². The van der Waals surface area contributed by atoms with Crippen LogP contribution in [0.1, 0.15) is 12.0 Å². The van der Waals surface area contributed by atoms with Crippen molar-refractivity contribution in [1.29, 1.82) is 0 Å². The van der Waals surface area contributed by atoms with E-state index < -0.39 is 9.84 Å². The van der Waals surface area contributed by atoms with E-state index in [1.165, 1.54) is 12.6 Å². The van der Waals surface area contributed by atoms with Crippen molar-refractivity contribution in [2.45, 2.75) is 13.0 Å². The van der Waals surface area contributed by atoms with E-state index >= 15 is 0 Å². The summed E-state index contributed by atoms with van der Waals surface area (Å²) in [6.45, 7) is 2.16. The van der Waals surface area contributed by atoms with Crippen molar-refractivity contribution >= 4 is 32.2 Å². The second-order valence-corrected chi connectivity index (χ2v) is 10.7. The quantitative estimate of drug-likeness (QED) is 0.258. The molecule has 188 valence electrons. The first-order valence-electron chi connectivity index (χ1n) is 11.8. The molecule has 3 aromatic carbocycles. The van der Waals surface area contributed by atoms with Gasteiger partial charge in [0.15, 0.2) is 0 Å². The van der Waals surface area contributed by atoms with Crippen molar-refractivity contribution in [3.63, 3.8) is 0 Å². The number of anilines is 2. The molecule has 0 aliphatic rings. The Hall–Kier alpha value is -3.69. The smallest absolute Gasteiger partial charge is 0.148 e. The summed E-state index contributed by atoms with van der Waals surface area (Å²) in [6.07, 6.45) is 3.53. The summed E-state index contributed by atoms with van der Waals surface area (Å²) in [6, 6.07) is 23.5.